The molecular formula is C16H27N3O. The van der Waals surface area contributed by atoms with Gasteiger partial charge in [0.2, 0.25) is 5.91 Å². The summed E-state index contributed by atoms with van der Waals surface area (Å²) >= 11 is 0. The summed E-state index contributed by atoms with van der Waals surface area (Å²) in [5.41, 5.74) is 6.79. The lowest BCUT2D eigenvalue weighted by atomic mass is 9.96. The van der Waals surface area contributed by atoms with Crippen LogP contribution >= 0.6 is 0 Å². The van der Waals surface area contributed by atoms with Crippen molar-refractivity contribution in [2.24, 2.45) is 11.7 Å². The van der Waals surface area contributed by atoms with Crippen molar-refractivity contribution in [3.05, 3.63) is 24.0 Å². The predicted molar refractivity (Wildman–Crippen MR) is 81.2 cm³/mol. The van der Waals surface area contributed by atoms with Crippen LogP contribution in [0.15, 0.2) is 18.3 Å². The van der Waals surface area contributed by atoms with E-state index in [9.17, 15) is 4.79 Å². The largest absolute Gasteiger partial charge is 0.363 e. The van der Waals surface area contributed by atoms with Crippen LogP contribution in [0.3, 0.4) is 0 Å². The Bertz CT molecular complexity index is 402. The number of H-pyrrole nitrogens is 1. The summed E-state index contributed by atoms with van der Waals surface area (Å²) in [6.45, 7) is 3.81. The molecule has 1 amide bonds. The quantitative estimate of drug-likeness (QED) is 0.805. The van der Waals surface area contributed by atoms with E-state index < -0.39 is 0 Å². The van der Waals surface area contributed by atoms with Crippen molar-refractivity contribution in [3.63, 3.8) is 0 Å². The Morgan fingerprint density at radius 1 is 1.55 bits per heavy atom. The molecule has 4 heteroatoms. The summed E-state index contributed by atoms with van der Waals surface area (Å²) in [6.07, 6.45) is 7.90. The second-order valence-corrected chi connectivity index (χ2v) is 5.76. The second-order valence-electron chi connectivity index (χ2n) is 5.76. The van der Waals surface area contributed by atoms with Crippen molar-refractivity contribution >= 4 is 5.91 Å². The summed E-state index contributed by atoms with van der Waals surface area (Å²) < 4.78 is 0. The van der Waals surface area contributed by atoms with E-state index in [4.69, 9.17) is 5.73 Å². The Labute approximate surface area is 121 Å². The minimum absolute atomic E-state index is 0.257. The first-order valence-corrected chi connectivity index (χ1v) is 7.89. The molecule has 2 unspecified atom stereocenters. The molecule has 3 N–H and O–H groups in total. The Hall–Kier alpha value is -1.29. The number of nitrogens with one attached hydrogen (secondary N) is 1. The minimum Gasteiger partial charge on any atom is -0.363 e. The van der Waals surface area contributed by atoms with E-state index in [1.54, 1.807) is 0 Å². The highest BCUT2D eigenvalue weighted by atomic mass is 16.2. The molecule has 0 bridgehead atoms. The molecule has 112 valence electrons. The summed E-state index contributed by atoms with van der Waals surface area (Å²) in [5.74, 6) is 0.896. The Morgan fingerprint density at radius 3 is 3.05 bits per heavy atom. The van der Waals surface area contributed by atoms with Gasteiger partial charge in [0.25, 0.3) is 0 Å². The van der Waals surface area contributed by atoms with Crippen LogP contribution in [0.4, 0.5) is 0 Å². The van der Waals surface area contributed by atoms with Crippen LogP contribution in [0.25, 0.3) is 0 Å². The number of carbonyl (C=O) groups is 1. The van der Waals surface area contributed by atoms with Crippen LogP contribution in [0.5, 0.6) is 0 Å². The number of nitrogens with zero attached hydrogens (tertiary/aromatic N) is 1. The van der Waals surface area contributed by atoms with Crippen LogP contribution in [0.1, 0.15) is 57.2 Å². The van der Waals surface area contributed by atoms with Gasteiger partial charge in [-0.15, -0.1) is 0 Å². The van der Waals surface area contributed by atoms with Crippen LogP contribution < -0.4 is 5.73 Å². The third-order valence-corrected chi connectivity index (χ3v) is 4.47. The molecule has 1 aliphatic rings. The van der Waals surface area contributed by atoms with Crippen LogP contribution in [-0.4, -0.2) is 28.9 Å². The molecule has 4 nitrogen and oxygen atoms in total. The van der Waals surface area contributed by atoms with E-state index in [-0.39, 0.29) is 6.04 Å². The van der Waals surface area contributed by atoms with Gasteiger partial charge >= 0.3 is 0 Å². The lowest BCUT2D eigenvalue weighted by molar-refractivity contribution is -0.132. The number of aromatic nitrogens is 1. The minimum atomic E-state index is 0.257. The average Bonchev–Trinajstić information content (AvgIpc) is 3.12. The Morgan fingerprint density at radius 2 is 2.40 bits per heavy atom. The Kier molecular flexibility index (Phi) is 5.65. The molecule has 0 saturated carbocycles. The van der Waals surface area contributed by atoms with Crippen molar-refractivity contribution in [3.8, 4) is 0 Å². The maximum absolute atomic E-state index is 12.5. The first-order valence-electron chi connectivity index (χ1n) is 7.89. The van der Waals surface area contributed by atoms with Gasteiger partial charge in [-0.2, -0.15) is 0 Å². The lowest BCUT2D eigenvalue weighted by Crippen LogP contribution is -2.31. The van der Waals surface area contributed by atoms with Gasteiger partial charge in [-0.25, -0.2) is 0 Å². The molecule has 0 spiro atoms. The molecule has 1 aromatic rings. The zero-order valence-electron chi connectivity index (χ0n) is 12.5. The molecule has 0 aliphatic carbocycles. The van der Waals surface area contributed by atoms with Gasteiger partial charge in [0, 0.05) is 24.9 Å². The normalized spacial score (nSPS) is 20.3. The number of nitrogens with two attached hydrogens (primary N) is 1. The maximum atomic E-state index is 12.5. The van der Waals surface area contributed by atoms with E-state index in [0.717, 1.165) is 45.2 Å². The van der Waals surface area contributed by atoms with E-state index in [2.05, 4.69) is 22.9 Å². The average molecular weight is 277 g/mol. The van der Waals surface area contributed by atoms with Gasteiger partial charge in [0.15, 0.2) is 0 Å². The second kappa shape index (κ2) is 7.48. The zero-order valence-corrected chi connectivity index (χ0v) is 12.5. The number of amides is 1. The standard InChI is InChI=1S/C16H27N3O/c1-2-13(9-10-17)7-8-16(20)19-12-4-6-15(19)14-5-3-11-18-14/h3,5,11,13,15,18H,2,4,6-10,12,17H2,1H3. The molecule has 0 radical (unpaired) electrons. The van der Waals surface area contributed by atoms with Gasteiger partial charge in [0.1, 0.15) is 0 Å². The fourth-order valence-corrected chi connectivity index (χ4v) is 3.20. The number of likely N-dealkylation sites (tertiary alicyclic amines) is 1. The Balaban J connectivity index is 1.88. The molecule has 2 atom stereocenters. The number of hydrogen-bond donors (Lipinski definition) is 2. The number of aromatic amines is 1. The van der Waals surface area contributed by atoms with Gasteiger partial charge in [-0.05, 0) is 50.3 Å². The van der Waals surface area contributed by atoms with E-state index in [1.165, 1.54) is 5.69 Å². The number of rotatable bonds is 7. The third-order valence-electron chi connectivity index (χ3n) is 4.47. The maximum Gasteiger partial charge on any atom is 0.223 e. The van der Waals surface area contributed by atoms with E-state index in [1.807, 2.05) is 12.3 Å². The van der Waals surface area contributed by atoms with Crippen LogP contribution in [0, 0.1) is 5.92 Å². The SMILES string of the molecule is CCC(CCN)CCC(=O)N1CCCC1c1ccc[nH]1. The summed E-state index contributed by atoms with van der Waals surface area (Å²) in [6, 6.07) is 4.34. The summed E-state index contributed by atoms with van der Waals surface area (Å²) in [5, 5.41) is 0. The van der Waals surface area contributed by atoms with E-state index >= 15 is 0 Å². The number of hydrogen-bond acceptors (Lipinski definition) is 2. The fourth-order valence-electron chi connectivity index (χ4n) is 3.20. The van der Waals surface area contributed by atoms with Crippen LogP contribution in [-0.2, 0) is 4.79 Å². The van der Waals surface area contributed by atoms with Crippen LogP contribution in [0.2, 0.25) is 0 Å². The van der Waals surface area contributed by atoms with Gasteiger partial charge < -0.3 is 15.6 Å². The first-order chi connectivity index (χ1) is 9.76. The first kappa shape index (κ1) is 15.1. The van der Waals surface area contributed by atoms with Crippen molar-refractivity contribution in [2.45, 2.75) is 51.5 Å². The third kappa shape index (κ3) is 3.63. The topological polar surface area (TPSA) is 62.1 Å². The molecule has 1 aromatic heterocycles. The number of carbonyl (C=O) groups excluding carboxylic acids is 1. The van der Waals surface area contributed by atoms with Crippen molar-refractivity contribution < 1.29 is 4.79 Å². The molecule has 20 heavy (non-hydrogen) atoms. The van der Waals surface area contributed by atoms with Crippen molar-refractivity contribution in [1.82, 2.24) is 9.88 Å². The summed E-state index contributed by atoms with van der Waals surface area (Å²) in [4.78, 5) is 17.8. The van der Waals surface area contributed by atoms with E-state index in [0.29, 0.717) is 18.2 Å². The van der Waals surface area contributed by atoms with Crippen molar-refractivity contribution in [1.29, 1.82) is 0 Å². The van der Waals surface area contributed by atoms with Gasteiger partial charge in [0.05, 0.1) is 6.04 Å². The monoisotopic (exact) mass is 277 g/mol. The highest BCUT2D eigenvalue weighted by molar-refractivity contribution is 5.77. The molecule has 2 heterocycles. The molecular weight excluding hydrogens is 250 g/mol. The smallest absolute Gasteiger partial charge is 0.223 e. The zero-order chi connectivity index (χ0) is 14.4. The molecule has 1 saturated heterocycles. The predicted octanol–water partition coefficient (Wildman–Crippen LogP) is 2.83. The lowest BCUT2D eigenvalue weighted by Gasteiger charge is -2.25. The molecule has 1 aliphatic heterocycles. The highest BCUT2D eigenvalue weighted by Crippen LogP contribution is 2.31. The summed E-state index contributed by atoms with van der Waals surface area (Å²) in [7, 11) is 0. The molecule has 0 aromatic carbocycles. The van der Waals surface area contributed by atoms with Crippen molar-refractivity contribution in [2.75, 3.05) is 13.1 Å². The fraction of sp³-hybridized carbons (Fsp3) is 0.688. The van der Waals surface area contributed by atoms with Gasteiger partial charge in [-0.3, -0.25) is 4.79 Å². The molecule has 1 fully saturated rings. The highest BCUT2D eigenvalue weighted by Gasteiger charge is 2.30. The molecule has 2 rings (SSSR count). The van der Waals surface area contributed by atoms with Gasteiger partial charge in [-0.1, -0.05) is 13.3 Å².